The molecule has 0 fully saturated rings. The molecule has 102 valence electrons. The van der Waals surface area contributed by atoms with E-state index < -0.39 is 0 Å². The third-order valence-electron chi connectivity index (χ3n) is 2.63. The van der Waals surface area contributed by atoms with Crippen LogP contribution in [0.3, 0.4) is 0 Å². The van der Waals surface area contributed by atoms with Gasteiger partial charge in [0.15, 0.2) is 0 Å². The van der Waals surface area contributed by atoms with Crippen LogP contribution in [0.2, 0.25) is 0 Å². The average molecular weight is 270 g/mol. The van der Waals surface area contributed by atoms with Gasteiger partial charge in [-0.2, -0.15) is 0 Å². The molecule has 0 saturated heterocycles. The molecule has 1 aromatic rings. The smallest absolute Gasteiger partial charge is 0.407 e. The van der Waals surface area contributed by atoms with E-state index in [1.165, 1.54) is 4.88 Å². The second-order valence-electron chi connectivity index (χ2n) is 4.71. The van der Waals surface area contributed by atoms with Crippen molar-refractivity contribution in [2.45, 2.75) is 40.0 Å². The van der Waals surface area contributed by atoms with E-state index in [-0.39, 0.29) is 6.09 Å². The first kappa shape index (κ1) is 15.0. The highest BCUT2D eigenvalue weighted by Crippen LogP contribution is 2.12. The molecule has 4 nitrogen and oxygen atoms in total. The van der Waals surface area contributed by atoms with Crippen molar-refractivity contribution in [2.75, 3.05) is 13.2 Å². The Morgan fingerprint density at radius 1 is 1.56 bits per heavy atom. The number of alkyl carbamates (subject to hydrolysis) is 1. The normalized spacial score (nSPS) is 10.7. The summed E-state index contributed by atoms with van der Waals surface area (Å²) in [6.07, 6.45) is 2.55. The first-order valence-electron chi connectivity index (χ1n) is 6.39. The Bertz CT molecular complexity index is 364. The first-order valence-corrected chi connectivity index (χ1v) is 7.27. The van der Waals surface area contributed by atoms with E-state index in [0.29, 0.717) is 19.1 Å². The van der Waals surface area contributed by atoms with Gasteiger partial charge in [-0.1, -0.05) is 13.8 Å². The number of amides is 1. The Kier molecular flexibility index (Phi) is 6.72. The average Bonchev–Trinajstić information content (AvgIpc) is 2.70. The lowest BCUT2D eigenvalue weighted by Gasteiger charge is -2.07. The summed E-state index contributed by atoms with van der Waals surface area (Å²) >= 11 is 1.60. The highest BCUT2D eigenvalue weighted by atomic mass is 32.1. The molecule has 0 bridgehead atoms. The van der Waals surface area contributed by atoms with Crippen LogP contribution in [-0.4, -0.2) is 24.2 Å². The second kappa shape index (κ2) is 8.08. The molecule has 1 N–H and O–H groups in total. The molecule has 1 amide bonds. The molecule has 0 aliphatic heterocycles. The summed E-state index contributed by atoms with van der Waals surface area (Å²) < 4.78 is 5.11. The van der Waals surface area contributed by atoms with Gasteiger partial charge >= 0.3 is 6.09 Å². The quantitative estimate of drug-likeness (QED) is 0.774. The zero-order valence-corrected chi connectivity index (χ0v) is 12.2. The van der Waals surface area contributed by atoms with Crippen LogP contribution >= 0.6 is 11.3 Å². The van der Waals surface area contributed by atoms with Crippen LogP contribution in [0.4, 0.5) is 4.79 Å². The summed E-state index contributed by atoms with van der Waals surface area (Å²) in [7, 11) is 0. The number of thiazole rings is 1. The number of hydrogen-bond donors (Lipinski definition) is 1. The van der Waals surface area contributed by atoms with E-state index in [1.807, 2.05) is 12.4 Å². The van der Waals surface area contributed by atoms with E-state index in [4.69, 9.17) is 4.74 Å². The molecule has 18 heavy (non-hydrogen) atoms. The van der Waals surface area contributed by atoms with Crippen LogP contribution in [0.15, 0.2) is 5.51 Å². The highest BCUT2D eigenvalue weighted by molar-refractivity contribution is 7.09. The number of ether oxygens (including phenoxy) is 1. The van der Waals surface area contributed by atoms with E-state index >= 15 is 0 Å². The van der Waals surface area contributed by atoms with Gasteiger partial charge in [0.1, 0.15) is 0 Å². The molecule has 1 aromatic heterocycles. The van der Waals surface area contributed by atoms with Gasteiger partial charge in [-0.15, -0.1) is 11.3 Å². The van der Waals surface area contributed by atoms with Crippen molar-refractivity contribution in [2.24, 2.45) is 5.92 Å². The van der Waals surface area contributed by atoms with Crippen molar-refractivity contribution in [3.8, 4) is 0 Å². The number of nitrogens with one attached hydrogen (secondary N) is 1. The van der Waals surface area contributed by atoms with Crippen LogP contribution in [0, 0.1) is 12.8 Å². The minimum atomic E-state index is -0.319. The van der Waals surface area contributed by atoms with Gasteiger partial charge in [-0.05, 0) is 25.7 Å². The summed E-state index contributed by atoms with van der Waals surface area (Å²) in [5.41, 5.74) is 2.84. The van der Waals surface area contributed by atoms with Gasteiger partial charge < -0.3 is 10.1 Å². The zero-order chi connectivity index (χ0) is 13.4. The lowest BCUT2D eigenvalue weighted by Crippen LogP contribution is -2.26. The molecule has 0 saturated carbocycles. The number of nitrogens with zero attached hydrogens (tertiary/aromatic N) is 1. The van der Waals surface area contributed by atoms with Gasteiger partial charge in [0.05, 0.1) is 17.8 Å². The monoisotopic (exact) mass is 270 g/mol. The molecule has 0 aliphatic rings. The van der Waals surface area contributed by atoms with E-state index in [2.05, 4.69) is 24.1 Å². The fourth-order valence-electron chi connectivity index (χ4n) is 1.55. The third-order valence-corrected chi connectivity index (χ3v) is 3.63. The minimum absolute atomic E-state index is 0.319. The standard InChI is InChI=1S/C13H22N2O2S/c1-10(2)5-4-7-14-13(16)17-8-6-12-11(3)15-9-18-12/h9-10H,4-8H2,1-3H3,(H,14,16). The van der Waals surface area contributed by atoms with Gasteiger partial charge in [-0.25, -0.2) is 9.78 Å². The van der Waals surface area contributed by atoms with Crippen molar-refractivity contribution in [3.63, 3.8) is 0 Å². The molecule has 0 aliphatic carbocycles. The molecule has 0 atom stereocenters. The maximum atomic E-state index is 11.4. The molecule has 5 heteroatoms. The van der Waals surface area contributed by atoms with Crippen LogP contribution in [0.1, 0.15) is 37.3 Å². The van der Waals surface area contributed by atoms with E-state index in [0.717, 1.165) is 25.0 Å². The van der Waals surface area contributed by atoms with Crippen LogP contribution < -0.4 is 5.32 Å². The van der Waals surface area contributed by atoms with Crippen molar-refractivity contribution < 1.29 is 9.53 Å². The van der Waals surface area contributed by atoms with Gasteiger partial charge in [-0.3, -0.25) is 0 Å². The summed E-state index contributed by atoms with van der Waals surface area (Å²) in [5, 5.41) is 2.76. The molecular formula is C13H22N2O2S. The molecular weight excluding hydrogens is 248 g/mol. The number of aromatic nitrogens is 1. The Morgan fingerprint density at radius 2 is 2.33 bits per heavy atom. The molecule has 0 spiro atoms. The zero-order valence-electron chi connectivity index (χ0n) is 11.4. The number of carbonyl (C=O) groups excluding carboxylic acids is 1. The van der Waals surface area contributed by atoms with Crippen molar-refractivity contribution in [3.05, 3.63) is 16.1 Å². The Balaban J connectivity index is 2.05. The van der Waals surface area contributed by atoms with Gasteiger partial charge in [0.25, 0.3) is 0 Å². The van der Waals surface area contributed by atoms with Crippen molar-refractivity contribution in [1.29, 1.82) is 0 Å². The third kappa shape index (κ3) is 6.00. The lowest BCUT2D eigenvalue weighted by atomic mass is 10.1. The predicted octanol–water partition coefficient (Wildman–Crippen LogP) is 3.16. The summed E-state index contributed by atoms with van der Waals surface area (Å²) in [6.45, 7) is 7.43. The Hall–Kier alpha value is -1.10. The van der Waals surface area contributed by atoms with Crippen LogP contribution in [-0.2, 0) is 11.2 Å². The maximum Gasteiger partial charge on any atom is 0.407 e. The van der Waals surface area contributed by atoms with Crippen LogP contribution in [0.25, 0.3) is 0 Å². The fourth-order valence-corrected chi connectivity index (χ4v) is 2.32. The predicted molar refractivity (Wildman–Crippen MR) is 74.0 cm³/mol. The van der Waals surface area contributed by atoms with Gasteiger partial charge in [0, 0.05) is 17.8 Å². The molecule has 0 aromatic carbocycles. The van der Waals surface area contributed by atoms with Crippen LogP contribution in [0.5, 0.6) is 0 Å². The maximum absolute atomic E-state index is 11.4. The molecule has 0 radical (unpaired) electrons. The van der Waals surface area contributed by atoms with E-state index in [9.17, 15) is 4.79 Å². The van der Waals surface area contributed by atoms with Crippen molar-refractivity contribution in [1.82, 2.24) is 10.3 Å². The topological polar surface area (TPSA) is 51.2 Å². The number of hydrogen-bond acceptors (Lipinski definition) is 4. The summed E-state index contributed by atoms with van der Waals surface area (Å²) in [6, 6.07) is 0. The number of carbonyl (C=O) groups is 1. The largest absolute Gasteiger partial charge is 0.449 e. The highest BCUT2D eigenvalue weighted by Gasteiger charge is 2.04. The Morgan fingerprint density at radius 3 is 2.94 bits per heavy atom. The second-order valence-corrected chi connectivity index (χ2v) is 5.65. The Labute approximate surface area is 113 Å². The minimum Gasteiger partial charge on any atom is -0.449 e. The van der Waals surface area contributed by atoms with Gasteiger partial charge in [0.2, 0.25) is 0 Å². The SMILES string of the molecule is Cc1ncsc1CCOC(=O)NCCCC(C)C. The van der Waals surface area contributed by atoms with Crippen molar-refractivity contribution >= 4 is 17.4 Å². The molecule has 1 heterocycles. The fraction of sp³-hybridized carbons (Fsp3) is 0.692. The molecule has 1 rings (SSSR count). The summed E-state index contributed by atoms with van der Waals surface area (Å²) in [4.78, 5) is 16.7. The molecule has 0 unspecified atom stereocenters. The number of rotatable bonds is 7. The summed E-state index contributed by atoms with van der Waals surface area (Å²) in [5.74, 6) is 0.678. The lowest BCUT2D eigenvalue weighted by molar-refractivity contribution is 0.147. The first-order chi connectivity index (χ1) is 8.59. The van der Waals surface area contributed by atoms with E-state index in [1.54, 1.807) is 11.3 Å². The number of aryl methyl sites for hydroxylation is 1.